The van der Waals surface area contributed by atoms with Gasteiger partial charge in [0.05, 0.1) is 9.07 Å². The highest BCUT2D eigenvalue weighted by molar-refractivity contribution is 7.97. The molecule has 0 atom stereocenters. The van der Waals surface area contributed by atoms with E-state index in [-0.39, 0.29) is 12.3 Å². The van der Waals surface area contributed by atoms with Crippen LogP contribution in [0.2, 0.25) is 0 Å². The fourth-order valence-corrected chi connectivity index (χ4v) is 2.34. The number of nitroso groups, excluding NO2 is 1. The minimum absolute atomic E-state index is 0.107. The third kappa shape index (κ3) is 1.15. The Bertz CT molecular complexity index is 408. The lowest BCUT2D eigenvalue weighted by Gasteiger charge is -2.14. The van der Waals surface area contributed by atoms with Gasteiger partial charge in [-0.25, -0.2) is 0 Å². The second-order valence-corrected chi connectivity index (χ2v) is 4.34. The van der Waals surface area contributed by atoms with Crippen molar-refractivity contribution in [1.29, 1.82) is 0 Å². The predicted molar refractivity (Wildman–Crippen MR) is 46.8 cm³/mol. The highest BCUT2D eigenvalue weighted by Crippen LogP contribution is 2.44. The largest absolute Gasteiger partial charge is 0.287 e. The Hall–Kier alpha value is -0.980. The molecule has 0 aromatic rings. The second kappa shape index (κ2) is 2.53. The molecule has 3 aliphatic rings. The Morgan fingerprint density at radius 3 is 3.00 bits per heavy atom. The maximum absolute atomic E-state index is 11.5. The second-order valence-electron chi connectivity index (χ2n) is 3.31. The van der Waals surface area contributed by atoms with E-state index in [0.717, 1.165) is 11.9 Å². The van der Waals surface area contributed by atoms with Gasteiger partial charge < -0.3 is 0 Å². The molecule has 2 fully saturated rings. The van der Waals surface area contributed by atoms with E-state index in [1.165, 1.54) is 0 Å². The number of hydrogen-bond donors (Lipinski definition) is 0. The Balaban J connectivity index is 2.00. The van der Waals surface area contributed by atoms with Gasteiger partial charge in [-0.1, -0.05) is 6.08 Å². The molecule has 2 aliphatic heterocycles. The van der Waals surface area contributed by atoms with Crippen molar-refractivity contribution in [1.82, 2.24) is 0 Å². The number of carbonyl (C=O) groups excluding carboxylic acids is 1. The number of nitrogens with zero attached hydrogens (tertiary/aromatic N) is 1. The summed E-state index contributed by atoms with van der Waals surface area (Å²) >= 11 is 1.04. The van der Waals surface area contributed by atoms with E-state index in [4.69, 9.17) is 9.78 Å². The van der Waals surface area contributed by atoms with Gasteiger partial charge in [-0.3, -0.25) is 4.79 Å². The van der Waals surface area contributed by atoms with Gasteiger partial charge in [0.25, 0.3) is 24.3 Å². The van der Waals surface area contributed by atoms with Gasteiger partial charge in [0.15, 0.2) is 0 Å². The van der Waals surface area contributed by atoms with Crippen LogP contribution in [0.25, 0.3) is 0 Å². The van der Waals surface area contributed by atoms with Crippen LogP contribution in [0.5, 0.6) is 0 Å². The normalized spacial score (nSPS) is 28.3. The van der Waals surface area contributed by atoms with Crippen LogP contribution in [0.3, 0.4) is 0 Å². The first-order valence-electron chi connectivity index (χ1n) is 4.15. The molecule has 0 N–H and O–H groups in total. The van der Waals surface area contributed by atoms with Crippen LogP contribution in [0.15, 0.2) is 22.6 Å². The molecular formula is C8H6NO4S+. The van der Waals surface area contributed by atoms with Crippen molar-refractivity contribution >= 4 is 17.7 Å². The summed E-state index contributed by atoms with van der Waals surface area (Å²) < 4.78 is 0.679. The average molecular weight is 212 g/mol. The van der Waals surface area contributed by atoms with Gasteiger partial charge >= 0.3 is 0 Å². The molecule has 6 heteroatoms. The summed E-state index contributed by atoms with van der Waals surface area (Å²) in [5.41, 5.74) is 0.547. The monoisotopic (exact) mass is 212 g/mol. The molecule has 0 aromatic carbocycles. The van der Waals surface area contributed by atoms with E-state index in [1.807, 2.05) is 0 Å². The molecule has 3 rings (SSSR count). The first-order valence-corrected chi connectivity index (χ1v) is 4.92. The third-order valence-electron chi connectivity index (χ3n) is 2.27. The highest BCUT2D eigenvalue weighted by atomic mass is 32.2. The maximum atomic E-state index is 11.5. The summed E-state index contributed by atoms with van der Waals surface area (Å²) in [5.74, 6) is -0.886. The van der Waals surface area contributed by atoms with E-state index >= 15 is 0 Å². The fraction of sp³-hybridized carbons (Fsp3) is 0.375. The van der Waals surface area contributed by atoms with Gasteiger partial charge in [0, 0.05) is 16.9 Å². The van der Waals surface area contributed by atoms with Crippen molar-refractivity contribution in [2.45, 2.75) is 12.2 Å². The van der Waals surface area contributed by atoms with Gasteiger partial charge in [0.2, 0.25) is 5.78 Å². The summed E-state index contributed by atoms with van der Waals surface area (Å²) in [6.45, 7) is -0.107. The van der Waals surface area contributed by atoms with Crippen LogP contribution in [0.4, 0.5) is 0 Å². The van der Waals surface area contributed by atoms with Crippen molar-refractivity contribution in [3.8, 4) is 0 Å². The zero-order chi connectivity index (χ0) is 9.76. The smallest absolute Gasteiger partial charge is 0.270 e. The number of fused-ring (bicyclic) bond motifs is 1. The standard InChI is InChI=1S/C8H6NO4S/c10-6-4-9(11)14-7-1-2-8(12-13-8)3-5(6)7/h1,3H,2,4H2/q+1. The lowest BCUT2D eigenvalue weighted by atomic mass is 9.99. The van der Waals surface area contributed by atoms with Crippen LogP contribution >= 0.6 is 11.9 Å². The molecule has 1 spiro atoms. The van der Waals surface area contributed by atoms with Crippen molar-refractivity contribution in [2.24, 2.45) is 0 Å². The Kier molecular flexibility index (Phi) is 1.51. The van der Waals surface area contributed by atoms with Crippen LogP contribution in [0, 0.1) is 4.91 Å². The topological polar surface area (TPSA) is 62.2 Å². The first-order chi connectivity index (χ1) is 6.69. The van der Waals surface area contributed by atoms with Crippen molar-refractivity contribution in [3.63, 3.8) is 0 Å². The number of Topliss-reactive ketones (excluding diaryl/α,β-unsaturated/α-hetero) is 1. The zero-order valence-electron chi connectivity index (χ0n) is 7.06. The van der Waals surface area contributed by atoms with Crippen molar-refractivity contribution in [3.05, 3.63) is 27.5 Å². The maximum Gasteiger partial charge on any atom is 0.270 e. The number of carbonyl (C=O) groups is 1. The molecule has 0 saturated carbocycles. The SMILES string of the molecule is O=C1C[N+](=O)SC2=CCC3(C=C12)OO3. The summed E-state index contributed by atoms with van der Waals surface area (Å²) in [7, 11) is 0. The van der Waals surface area contributed by atoms with Crippen LogP contribution in [0.1, 0.15) is 6.42 Å². The molecule has 0 unspecified atom stereocenters. The van der Waals surface area contributed by atoms with E-state index in [0.29, 0.717) is 21.1 Å². The Morgan fingerprint density at radius 1 is 1.50 bits per heavy atom. The number of hydrogen-bond acceptors (Lipinski definition) is 5. The van der Waals surface area contributed by atoms with Gasteiger partial charge in [-0.15, -0.1) is 0 Å². The molecule has 5 nitrogen and oxygen atoms in total. The van der Waals surface area contributed by atoms with E-state index in [9.17, 15) is 9.70 Å². The Labute approximate surface area is 83.4 Å². The highest BCUT2D eigenvalue weighted by Gasteiger charge is 2.51. The molecule has 72 valence electrons. The molecule has 0 aromatic heterocycles. The lowest BCUT2D eigenvalue weighted by molar-refractivity contribution is -0.358. The molecule has 1 aliphatic carbocycles. The minimum Gasteiger partial charge on any atom is -0.287 e. The molecule has 0 bridgehead atoms. The average Bonchev–Trinajstić information content (AvgIpc) is 2.87. The molecule has 0 amide bonds. The van der Waals surface area contributed by atoms with Crippen molar-refractivity contribution in [2.75, 3.05) is 6.54 Å². The fourth-order valence-electron chi connectivity index (χ4n) is 1.51. The molecule has 2 saturated heterocycles. The number of rotatable bonds is 0. The lowest BCUT2D eigenvalue weighted by Crippen LogP contribution is -2.26. The number of ketones is 1. The molecule has 2 heterocycles. The van der Waals surface area contributed by atoms with Crippen molar-refractivity contribution < 1.29 is 18.7 Å². The summed E-state index contributed by atoms with van der Waals surface area (Å²) in [5, 5.41) is 0. The van der Waals surface area contributed by atoms with E-state index in [2.05, 4.69) is 0 Å². The first kappa shape index (κ1) is 8.34. The summed E-state index contributed by atoms with van der Waals surface area (Å²) in [6.07, 6.45) is 4.01. The molecular weight excluding hydrogens is 206 g/mol. The van der Waals surface area contributed by atoms with Crippen LogP contribution < -0.4 is 0 Å². The Morgan fingerprint density at radius 2 is 2.29 bits per heavy atom. The number of allylic oxidation sites excluding steroid dienone is 1. The third-order valence-corrected chi connectivity index (χ3v) is 3.19. The van der Waals surface area contributed by atoms with Gasteiger partial charge in [-0.05, 0) is 6.08 Å². The molecule has 14 heavy (non-hydrogen) atoms. The summed E-state index contributed by atoms with van der Waals surface area (Å²) in [6, 6.07) is 0. The van der Waals surface area contributed by atoms with Gasteiger partial charge in [-0.2, -0.15) is 9.78 Å². The van der Waals surface area contributed by atoms with Gasteiger partial charge in [0.1, 0.15) is 0 Å². The predicted octanol–water partition coefficient (Wildman–Crippen LogP) is 0.868. The quantitative estimate of drug-likeness (QED) is 0.258. The van der Waals surface area contributed by atoms with Crippen LogP contribution in [-0.2, 0) is 14.6 Å². The minimum atomic E-state index is -0.708. The molecule has 0 radical (unpaired) electrons. The van der Waals surface area contributed by atoms with E-state index in [1.54, 1.807) is 12.2 Å². The van der Waals surface area contributed by atoms with E-state index < -0.39 is 5.79 Å². The zero-order valence-corrected chi connectivity index (χ0v) is 7.87. The summed E-state index contributed by atoms with van der Waals surface area (Å²) in [4.78, 5) is 32.8. The van der Waals surface area contributed by atoms with Crippen LogP contribution in [-0.4, -0.2) is 22.3 Å².